The van der Waals surface area contributed by atoms with Gasteiger partial charge in [-0.05, 0) is 6.92 Å². The van der Waals surface area contributed by atoms with E-state index in [-0.39, 0.29) is 18.3 Å². The fraction of sp³-hybridized carbons (Fsp3) is 0.222. The van der Waals surface area contributed by atoms with Crippen LogP contribution in [-0.2, 0) is 6.54 Å². The highest BCUT2D eigenvalue weighted by Crippen LogP contribution is 2.13. The minimum atomic E-state index is -0.569. The zero-order chi connectivity index (χ0) is 12.3. The number of anilines is 2. The van der Waals surface area contributed by atoms with Gasteiger partial charge >= 0.3 is 0 Å². The van der Waals surface area contributed by atoms with Gasteiger partial charge in [-0.15, -0.1) is 0 Å². The maximum atomic E-state index is 13.3. The average molecular weight is 238 g/mol. The van der Waals surface area contributed by atoms with Gasteiger partial charge in [0.25, 0.3) is 0 Å². The van der Waals surface area contributed by atoms with Crippen LogP contribution in [-0.4, -0.2) is 15.1 Å². The summed E-state index contributed by atoms with van der Waals surface area (Å²) in [5.74, 6) is 5.31. The lowest BCUT2D eigenvalue weighted by Crippen LogP contribution is -2.12. The van der Waals surface area contributed by atoms with Gasteiger partial charge in [0.1, 0.15) is 0 Å². The number of hydrogen-bond acceptors (Lipinski definition) is 7. The standard InChI is InChI=1S/C9H11FN6O/c1-5-2-6(17-16-5)3-12-8-7(10)4-13-9(14-8)15-11/h2,4H,3,11H2,1H3,(H2,12,13,14,15). The number of nitrogens with two attached hydrogens (primary N) is 1. The minimum absolute atomic E-state index is 0.0435. The Bertz CT molecular complexity index is 514. The number of hydrogen-bond donors (Lipinski definition) is 3. The number of aryl methyl sites for hydroxylation is 1. The van der Waals surface area contributed by atoms with E-state index in [1.807, 2.05) is 0 Å². The summed E-state index contributed by atoms with van der Waals surface area (Å²) in [5.41, 5.74) is 2.99. The van der Waals surface area contributed by atoms with Crippen LogP contribution in [0, 0.1) is 12.7 Å². The van der Waals surface area contributed by atoms with Crippen molar-refractivity contribution in [1.82, 2.24) is 15.1 Å². The highest BCUT2D eigenvalue weighted by atomic mass is 19.1. The van der Waals surface area contributed by atoms with Gasteiger partial charge in [0.05, 0.1) is 18.4 Å². The van der Waals surface area contributed by atoms with Crippen molar-refractivity contribution >= 4 is 11.8 Å². The van der Waals surface area contributed by atoms with Gasteiger partial charge in [-0.2, -0.15) is 4.98 Å². The molecule has 0 saturated heterocycles. The molecule has 4 N–H and O–H groups in total. The molecule has 7 nitrogen and oxygen atoms in total. The first-order valence-corrected chi connectivity index (χ1v) is 4.84. The normalized spacial score (nSPS) is 10.3. The van der Waals surface area contributed by atoms with E-state index in [1.165, 1.54) is 0 Å². The molecular formula is C9H11FN6O. The van der Waals surface area contributed by atoms with Crippen molar-refractivity contribution in [2.24, 2.45) is 5.84 Å². The highest BCUT2D eigenvalue weighted by molar-refractivity contribution is 5.40. The molecule has 0 radical (unpaired) electrons. The van der Waals surface area contributed by atoms with Crippen LogP contribution >= 0.6 is 0 Å². The second-order valence-corrected chi connectivity index (χ2v) is 3.32. The predicted octanol–water partition coefficient (Wildman–Crippen LogP) is 0.810. The second-order valence-electron chi connectivity index (χ2n) is 3.32. The van der Waals surface area contributed by atoms with Crippen LogP contribution in [0.2, 0.25) is 0 Å². The van der Waals surface area contributed by atoms with Crippen LogP contribution in [0.15, 0.2) is 16.8 Å². The van der Waals surface area contributed by atoms with Gasteiger partial charge in [-0.3, -0.25) is 5.43 Å². The third-order valence-corrected chi connectivity index (χ3v) is 1.98. The van der Waals surface area contributed by atoms with Crippen LogP contribution in [0.1, 0.15) is 11.5 Å². The van der Waals surface area contributed by atoms with Crippen molar-refractivity contribution in [2.45, 2.75) is 13.5 Å². The van der Waals surface area contributed by atoms with E-state index in [0.29, 0.717) is 5.76 Å². The molecule has 0 aliphatic carbocycles. The summed E-state index contributed by atoms with van der Waals surface area (Å²) in [6.45, 7) is 2.08. The molecule has 0 unspecified atom stereocenters. The van der Waals surface area contributed by atoms with Gasteiger partial charge in [-0.25, -0.2) is 15.2 Å². The lowest BCUT2D eigenvalue weighted by Gasteiger charge is -2.05. The Balaban J connectivity index is 2.07. The van der Waals surface area contributed by atoms with Crippen molar-refractivity contribution in [1.29, 1.82) is 0 Å². The molecule has 0 atom stereocenters. The molecular weight excluding hydrogens is 227 g/mol. The summed E-state index contributed by atoms with van der Waals surface area (Å²) in [7, 11) is 0. The molecule has 2 aromatic rings. The number of nitrogens with one attached hydrogen (secondary N) is 2. The lowest BCUT2D eigenvalue weighted by molar-refractivity contribution is 0.384. The minimum Gasteiger partial charge on any atom is -0.360 e. The Hall–Kier alpha value is -2.22. The second kappa shape index (κ2) is 4.74. The number of nitrogens with zero attached hydrogens (tertiary/aromatic N) is 3. The number of hydrazine groups is 1. The first kappa shape index (κ1) is 11.3. The summed E-state index contributed by atoms with van der Waals surface area (Å²) >= 11 is 0. The molecule has 90 valence electrons. The zero-order valence-electron chi connectivity index (χ0n) is 9.07. The largest absolute Gasteiger partial charge is 0.360 e. The first-order chi connectivity index (χ1) is 8.19. The monoisotopic (exact) mass is 238 g/mol. The van der Waals surface area contributed by atoms with E-state index in [9.17, 15) is 4.39 Å². The molecule has 17 heavy (non-hydrogen) atoms. The third-order valence-electron chi connectivity index (χ3n) is 1.98. The molecule has 2 aromatic heterocycles. The predicted molar refractivity (Wildman–Crippen MR) is 58.4 cm³/mol. The summed E-state index contributed by atoms with van der Waals surface area (Å²) in [6, 6.07) is 1.74. The van der Waals surface area contributed by atoms with Crippen molar-refractivity contribution in [3.8, 4) is 0 Å². The highest BCUT2D eigenvalue weighted by Gasteiger charge is 2.07. The SMILES string of the molecule is Cc1cc(CNc2nc(NN)ncc2F)on1. The molecule has 2 heterocycles. The van der Waals surface area contributed by atoms with Crippen LogP contribution < -0.4 is 16.6 Å². The van der Waals surface area contributed by atoms with E-state index in [0.717, 1.165) is 11.9 Å². The molecule has 0 saturated carbocycles. The van der Waals surface area contributed by atoms with E-state index in [2.05, 4.69) is 25.9 Å². The smallest absolute Gasteiger partial charge is 0.239 e. The summed E-state index contributed by atoms with van der Waals surface area (Å²) in [4.78, 5) is 7.44. The summed E-state index contributed by atoms with van der Waals surface area (Å²) in [6.07, 6.45) is 1.02. The molecule has 0 bridgehead atoms. The Kier molecular flexibility index (Phi) is 3.15. The molecule has 2 rings (SSSR count). The van der Waals surface area contributed by atoms with Crippen LogP contribution in [0.3, 0.4) is 0 Å². The maximum Gasteiger partial charge on any atom is 0.239 e. The molecule has 0 amide bonds. The molecule has 8 heteroatoms. The summed E-state index contributed by atoms with van der Waals surface area (Å²) in [5, 5.41) is 6.47. The topological polar surface area (TPSA) is 102 Å². The lowest BCUT2D eigenvalue weighted by atomic mass is 10.4. The van der Waals surface area contributed by atoms with Gasteiger partial charge in [0, 0.05) is 6.07 Å². The van der Waals surface area contributed by atoms with Crippen molar-refractivity contribution in [2.75, 3.05) is 10.7 Å². The summed E-state index contributed by atoms with van der Waals surface area (Å²) < 4.78 is 18.3. The van der Waals surface area contributed by atoms with Crippen LogP contribution in [0.4, 0.5) is 16.2 Å². The van der Waals surface area contributed by atoms with Crippen molar-refractivity contribution in [3.63, 3.8) is 0 Å². The van der Waals surface area contributed by atoms with E-state index < -0.39 is 5.82 Å². The van der Waals surface area contributed by atoms with Gasteiger partial charge in [0.2, 0.25) is 5.95 Å². The average Bonchev–Trinajstić information content (AvgIpc) is 2.74. The number of aromatic nitrogens is 3. The van der Waals surface area contributed by atoms with Crippen LogP contribution in [0.25, 0.3) is 0 Å². The number of rotatable bonds is 4. The van der Waals surface area contributed by atoms with Gasteiger partial charge in [-0.1, -0.05) is 5.16 Å². The van der Waals surface area contributed by atoms with Crippen molar-refractivity contribution in [3.05, 3.63) is 29.5 Å². The van der Waals surface area contributed by atoms with E-state index >= 15 is 0 Å². The Morgan fingerprint density at radius 3 is 3.00 bits per heavy atom. The third kappa shape index (κ3) is 2.67. The van der Waals surface area contributed by atoms with Gasteiger partial charge in [0.15, 0.2) is 17.4 Å². The Morgan fingerprint density at radius 2 is 2.35 bits per heavy atom. The number of nitrogen functional groups attached to an aromatic ring is 1. The quantitative estimate of drug-likeness (QED) is 0.535. The Morgan fingerprint density at radius 1 is 1.53 bits per heavy atom. The van der Waals surface area contributed by atoms with Crippen molar-refractivity contribution < 1.29 is 8.91 Å². The first-order valence-electron chi connectivity index (χ1n) is 4.84. The Labute approximate surface area is 96.2 Å². The zero-order valence-corrected chi connectivity index (χ0v) is 9.07. The van der Waals surface area contributed by atoms with Gasteiger partial charge < -0.3 is 9.84 Å². The van der Waals surface area contributed by atoms with Crippen LogP contribution in [0.5, 0.6) is 0 Å². The molecule has 0 fully saturated rings. The van der Waals surface area contributed by atoms with E-state index in [1.54, 1.807) is 13.0 Å². The molecule has 0 aliphatic rings. The van der Waals surface area contributed by atoms with E-state index in [4.69, 9.17) is 10.4 Å². The fourth-order valence-corrected chi connectivity index (χ4v) is 1.23. The fourth-order valence-electron chi connectivity index (χ4n) is 1.23. The maximum absolute atomic E-state index is 13.3. The molecule has 0 aliphatic heterocycles. The number of halogens is 1. The molecule has 0 aromatic carbocycles. The molecule has 0 spiro atoms.